The lowest BCUT2D eigenvalue weighted by molar-refractivity contribution is 0.0948. The Morgan fingerprint density at radius 1 is 1.21 bits per heavy atom. The Labute approximate surface area is 143 Å². The molecule has 7 heteroatoms. The molecule has 122 valence electrons. The molecule has 0 bridgehead atoms. The Hall–Kier alpha value is -2.73. The van der Waals surface area contributed by atoms with E-state index in [-0.39, 0.29) is 5.91 Å². The highest BCUT2D eigenvalue weighted by atomic mass is 35.5. The molecule has 1 aromatic carbocycles. The first-order valence-corrected chi connectivity index (χ1v) is 7.80. The molecule has 0 radical (unpaired) electrons. The number of nitrogens with zero attached hydrogens (tertiary/aromatic N) is 3. The summed E-state index contributed by atoms with van der Waals surface area (Å²) in [4.78, 5) is 20.5. The quantitative estimate of drug-likeness (QED) is 0.770. The van der Waals surface area contributed by atoms with Crippen LogP contribution in [0, 0.1) is 6.92 Å². The first-order valence-electron chi connectivity index (χ1n) is 7.42. The molecule has 0 aliphatic heterocycles. The van der Waals surface area contributed by atoms with E-state index in [1.807, 2.05) is 25.1 Å². The number of carbonyl (C=O) groups is 1. The molecule has 0 saturated heterocycles. The fraction of sp³-hybridized carbons (Fsp3) is 0.176. The number of halogens is 1. The first-order chi connectivity index (χ1) is 11.6. The minimum atomic E-state index is -0.228. The highest BCUT2D eigenvalue weighted by Crippen LogP contribution is 2.19. The Kier molecular flexibility index (Phi) is 4.86. The summed E-state index contributed by atoms with van der Waals surface area (Å²) in [6.45, 7) is 2.22. The lowest BCUT2D eigenvalue weighted by Gasteiger charge is -2.03. The molecule has 3 rings (SSSR count). The lowest BCUT2D eigenvalue weighted by Crippen LogP contribution is -2.26. The van der Waals surface area contributed by atoms with Crippen LogP contribution in [0.25, 0.3) is 11.4 Å². The standard InChI is InChI=1S/C17H15ClN4O2/c1-11-4-2-7-14(20-11)17(23)19-9-8-15-21-16(22-24-15)12-5-3-6-13(18)10-12/h2-7,10H,8-9H2,1H3,(H,19,23). The Morgan fingerprint density at radius 2 is 2.04 bits per heavy atom. The molecule has 0 atom stereocenters. The van der Waals surface area contributed by atoms with Crippen molar-refractivity contribution in [3.63, 3.8) is 0 Å². The van der Waals surface area contributed by atoms with E-state index in [0.717, 1.165) is 11.3 Å². The van der Waals surface area contributed by atoms with Crippen LogP contribution in [0.1, 0.15) is 22.1 Å². The van der Waals surface area contributed by atoms with Gasteiger partial charge in [0.1, 0.15) is 5.69 Å². The van der Waals surface area contributed by atoms with Gasteiger partial charge in [-0.25, -0.2) is 4.98 Å². The van der Waals surface area contributed by atoms with Gasteiger partial charge < -0.3 is 9.84 Å². The monoisotopic (exact) mass is 342 g/mol. The summed E-state index contributed by atoms with van der Waals surface area (Å²) >= 11 is 5.95. The number of carbonyl (C=O) groups excluding carboxylic acids is 1. The van der Waals surface area contributed by atoms with Gasteiger partial charge in [0.2, 0.25) is 11.7 Å². The van der Waals surface area contributed by atoms with E-state index < -0.39 is 0 Å². The number of aromatic nitrogens is 3. The van der Waals surface area contributed by atoms with Crippen molar-refractivity contribution in [2.45, 2.75) is 13.3 Å². The van der Waals surface area contributed by atoms with E-state index in [2.05, 4.69) is 20.4 Å². The third-order valence-corrected chi connectivity index (χ3v) is 3.53. The van der Waals surface area contributed by atoms with Gasteiger partial charge in [-0.15, -0.1) is 0 Å². The highest BCUT2D eigenvalue weighted by Gasteiger charge is 2.10. The van der Waals surface area contributed by atoms with Crippen LogP contribution in [0.4, 0.5) is 0 Å². The third kappa shape index (κ3) is 3.97. The van der Waals surface area contributed by atoms with Gasteiger partial charge in [0.25, 0.3) is 5.91 Å². The molecule has 0 spiro atoms. The summed E-state index contributed by atoms with van der Waals surface area (Å²) in [6.07, 6.45) is 0.436. The van der Waals surface area contributed by atoms with Crippen molar-refractivity contribution in [2.24, 2.45) is 0 Å². The number of amides is 1. The fourth-order valence-electron chi connectivity index (χ4n) is 2.14. The van der Waals surface area contributed by atoms with Crippen LogP contribution < -0.4 is 5.32 Å². The Bertz CT molecular complexity index is 863. The Balaban J connectivity index is 1.57. The summed E-state index contributed by atoms with van der Waals surface area (Å²) < 4.78 is 5.19. The molecule has 2 heterocycles. The number of rotatable bonds is 5. The van der Waals surface area contributed by atoms with E-state index in [1.54, 1.807) is 24.3 Å². The first kappa shape index (κ1) is 16.1. The summed E-state index contributed by atoms with van der Waals surface area (Å²) in [6, 6.07) is 12.5. The smallest absolute Gasteiger partial charge is 0.269 e. The van der Waals surface area contributed by atoms with Crippen molar-refractivity contribution in [2.75, 3.05) is 6.54 Å². The number of hydrogen-bond acceptors (Lipinski definition) is 5. The van der Waals surface area contributed by atoms with Crippen molar-refractivity contribution in [1.29, 1.82) is 0 Å². The molecular formula is C17H15ClN4O2. The Morgan fingerprint density at radius 3 is 2.83 bits per heavy atom. The topological polar surface area (TPSA) is 80.9 Å². The van der Waals surface area contributed by atoms with Gasteiger partial charge in [0, 0.05) is 29.2 Å². The number of pyridine rings is 1. The predicted octanol–water partition coefficient (Wildman–Crippen LogP) is 3.07. The maximum absolute atomic E-state index is 12.0. The number of aryl methyl sites for hydroxylation is 1. The van der Waals surface area contributed by atoms with Gasteiger partial charge in [-0.05, 0) is 31.2 Å². The molecule has 2 aromatic heterocycles. The minimum absolute atomic E-state index is 0.228. The van der Waals surface area contributed by atoms with Gasteiger partial charge in [-0.1, -0.05) is 35.0 Å². The van der Waals surface area contributed by atoms with Crippen molar-refractivity contribution in [1.82, 2.24) is 20.4 Å². The molecule has 0 unspecified atom stereocenters. The molecule has 3 aromatic rings. The minimum Gasteiger partial charge on any atom is -0.350 e. The molecule has 1 amide bonds. The lowest BCUT2D eigenvalue weighted by atomic mass is 10.2. The zero-order valence-corrected chi connectivity index (χ0v) is 13.7. The third-order valence-electron chi connectivity index (χ3n) is 3.30. The molecule has 1 N–H and O–H groups in total. The van der Waals surface area contributed by atoms with Gasteiger partial charge in [0.05, 0.1) is 0 Å². The van der Waals surface area contributed by atoms with Crippen molar-refractivity contribution in [3.8, 4) is 11.4 Å². The van der Waals surface area contributed by atoms with Gasteiger partial charge in [-0.2, -0.15) is 4.98 Å². The molecule has 0 fully saturated rings. The second-order valence-corrected chi connectivity index (χ2v) is 5.63. The number of benzene rings is 1. The number of nitrogens with one attached hydrogen (secondary N) is 1. The van der Waals surface area contributed by atoms with Crippen molar-refractivity contribution < 1.29 is 9.32 Å². The van der Waals surface area contributed by atoms with E-state index in [1.165, 1.54) is 0 Å². The predicted molar refractivity (Wildman–Crippen MR) is 89.8 cm³/mol. The fourth-order valence-corrected chi connectivity index (χ4v) is 2.33. The van der Waals surface area contributed by atoms with E-state index >= 15 is 0 Å². The second kappa shape index (κ2) is 7.23. The van der Waals surface area contributed by atoms with Crippen LogP contribution in [0.5, 0.6) is 0 Å². The van der Waals surface area contributed by atoms with Gasteiger partial charge in [0.15, 0.2) is 0 Å². The molecule has 0 saturated carbocycles. The maximum atomic E-state index is 12.0. The number of hydrogen-bond donors (Lipinski definition) is 1. The second-order valence-electron chi connectivity index (χ2n) is 5.19. The molecule has 0 aliphatic rings. The average Bonchev–Trinajstić information content (AvgIpc) is 3.04. The molecule has 24 heavy (non-hydrogen) atoms. The van der Waals surface area contributed by atoms with Gasteiger partial charge in [-0.3, -0.25) is 4.79 Å². The average molecular weight is 343 g/mol. The summed E-state index contributed by atoms with van der Waals surface area (Å²) in [5.74, 6) is 0.690. The summed E-state index contributed by atoms with van der Waals surface area (Å²) in [7, 11) is 0. The molecule has 0 aliphatic carbocycles. The summed E-state index contributed by atoms with van der Waals surface area (Å²) in [5.41, 5.74) is 1.97. The molecular weight excluding hydrogens is 328 g/mol. The maximum Gasteiger partial charge on any atom is 0.269 e. The highest BCUT2D eigenvalue weighted by molar-refractivity contribution is 6.30. The summed E-state index contributed by atoms with van der Waals surface area (Å²) in [5, 5.41) is 7.32. The van der Waals surface area contributed by atoms with Crippen LogP contribution >= 0.6 is 11.6 Å². The van der Waals surface area contributed by atoms with Crippen molar-refractivity contribution in [3.05, 3.63) is 64.8 Å². The zero-order chi connectivity index (χ0) is 16.9. The largest absolute Gasteiger partial charge is 0.350 e. The zero-order valence-electron chi connectivity index (χ0n) is 13.0. The van der Waals surface area contributed by atoms with E-state index in [9.17, 15) is 4.79 Å². The van der Waals surface area contributed by atoms with Crippen LogP contribution in [-0.2, 0) is 6.42 Å². The van der Waals surface area contributed by atoms with Gasteiger partial charge >= 0.3 is 0 Å². The van der Waals surface area contributed by atoms with E-state index in [4.69, 9.17) is 16.1 Å². The van der Waals surface area contributed by atoms with Crippen molar-refractivity contribution >= 4 is 17.5 Å². The van der Waals surface area contributed by atoms with Crippen LogP contribution in [0.2, 0.25) is 5.02 Å². The van der Waals surface area contributed by atoms with Crippen LogP contribution in [0.15, 0.2) is 47.0 Å². The SMILES string of the molecule is Cc1cccc(C(=O)NCCc2nc(-c3cccc(Cl)c3)no2)n1. The van der Waals surface area contributed by atoms with E-state index in [0.29, 0.717) is 35.4 Å². The van der Waals surface area contributed by atoms with Crippen LogP contribution in [-0.4, -0.2) is 27.6 Å². The molecule has 6 nitrogen and oxygen atoms in total. The van der Waals surface area contributed by atoms with Crippen LogP contribution in [0.3, 0.4) is 0 Å². The normalized spacial score (nSPS) is 10.6.